The van der Waals surface area contributed by atoms with Crippen molar-refractivity contribution >= 4 is 23.2 Å². The zero-order chi connectivity index (χ0) is 12.3. The molecule has 0 saturated carbocycles. The van der Waals surface area contributed by atoms with Crippen LogP contribution in [-0.2, 0) is 12.8 Å². The lowest BCUT2D eigenvalue weighted by atomic mass is 10.0. The summed E-state index contributed by atoms with van der Waals surface area (Å²) in [6.07, 6.45) is 1.66. The Balaban J connectivity index is 2.04. The smallest absolute Gasteiger partial charge is 0.123 e. The highest BCUT2D eigenvalue weighted by Crippen LogP contribution is 2.22. The molecule has 2 aromatic carbocycles. The molecular weight excluding hydrogens is 258 g/mol. The molecule has 0 aliphatic rings. The summed E-state index contributed by atoms with van der Waals surface area (Å²) in [6, 6.07) is 12.0. The predicted octanol–water partition coefficient (Wildman–Crippen LogP) is 4.92. The van der Waals surface area contributed by atoms with Crippen LogP contribution in [0.3, 0.4) is 0 Å². The Morgan fingerprint density at radius 3 is 2.24 bits per heavy atom. The van der Waals surface area contributed by atoms with E-state index in [9.17, 15) is 4.39 Å². The molecule has 0 unspecified atom stereocenters. The third-order valence-corrected chi connectivity index (χ3v) is 3.20. The van der Waals surface area contributed by atoms with E-state index in [-0.39, 0.29) is 5.82 Å². The maximum Gasteiger partial charge on any atom is 0.123 e. The van der Waals surface area contributed by atoms with E-state index in [0.29, 0.717) is 10.0 Å². The number of aryl methyl sites for hydroxylation is 2. The van der Waals surface area contributed by atoms with Crippen LogP contribution in [-0.4, -0.2) is 0 Å². The topological polar surface area (TPSA) is 0 Å². The van der Waals surface area contributed by atoms with Gasteiger partial charge < -0.3 is 0 Å². The Morgan fingerprint density at radius 1 is 0.882 bits per heavy atom. The highest BCUT2D eigenvalue weighted by Gasteiger charge is 2.02. The molecule has 0 amide bonds. The van der Waals surface area contributed by atoms with E-state index in [4.69, 9.17) is 23.2 Å². The molecule has 0 bridgehead atoms. The lowest BCUT2D eigenvalue weighted by molar-refractivity contribution is 0.627. The van der Waals surface area contributed by atoms with Gasteiger partial charge in [-0.1, -0.05) is 41.4 Å². The van der Waals surface area contributed by atoms with E-state index in [1.54, 1.807) is 18.2 Å². The fraction of sp³-hybridized carbons (Fsp3) is 0.143. The summed E-state index contributed by atoms with van der Waals surface area (Å²) in [6.45, 7) is 0. The van der Waals surface area contributed by atoms with Crippen LogP contribution < -0.4 is 0 Å². The molecule has 17 heavy (non-hydrogen) atoms. The lowest BCUT2D eigenvalue weighted by Gasteiger charge is -2.05. The van der Waals surface area contributed by atoms with Crippen molar-refractivity contribution in [1.29, 1.82) is 0 Å². The van der Waals surface area contributed by atoms with Gasteiger partial charge in [0.25, 0.3) is 0 Å². The molecule has 0 aliphatic carbocycles. The van der Waals surface area contributed by atoms with Crippen LogP contribution >= 0.6 is 23.2 Å². The Labute approximate surface area is 110 Å². The van der Waals surface area contributed by atoms with Gasteiger partial charge in [0.2, 0.25) is 0 Å². The molecule has 0 aromatic heterocycles. The second kappa shape index (κ2) is 5.52. The Morgan fingerprint density at radius 2 is 1.59 bits per heavy atom. The van der Waals surface area contributed by atoms with E-state index in [0.717, 1.165) is 24.0 Å². The van der Waals surface area contributed by atoms with Gasteiger partial charge in [-0.2, -0.15) is 0 Å². The first-order valence-electron chi connectivity index (χ1n) is 5.33. The zero-order valence-electron chi connectivity index (χ0n) is 9.09. The van der Waals surface area contributed by atoms with Crippen LogP contribution in [0.1, 0.15) is 11.1 Å². The van der Waals surface area contributed by atoms with Gasteiger partial charge in [0, 0.05) is 10.0 Å². The van der Waals surface area contributed by atoms with Gasteiger partial charge in [-0.05, 0) is 48.2 Å². The van der Waals surface area contributed by atoms with Crippen molar-refractivity contribution < 1.29 is 4.39 Å². The van der Waals surface area contributed by atoms with Crippen molar-refractivity contribution in [2.45, 2.75) is 12.8 Å². The highest BCUT2D eigenvalue weighted by atomic mass is 35.5. The molecule has 0 atom stereocenters. The summed E-state index contributed by atoms with van der Waals surface area (Å²) in [4.78, 5) is 0. The molecule has 2 rings (SSSR count). The van der Waals surface area contributed by atoms with Crippen molar-refractivity contribution in [3.05, 3.63) is 69.5 Å². The lowest BCUT2D eigenvalue weighted by Crippen LogP contribution is -1.92. The minimum Gasteiger partial charge on any atom is -0.207 e. The minimum atomic E-state index is -0.210. The van der Waals surface area contributed by atoms with E-state index in [1.165, 1.54) is 12.1 Å². The fourth-order valence-corrected chi connectivity index (χ4v) is 2.16. The SMILES string of the molecule is Fc1ccc(CCc2ccc(Cl)cc2Cl)cc1. The molecule has 0 spiro atoms. The van der Waals surface area contributed by atoms with E-state index >= 15 is 0 Å². The normalized spacial score (nSPS) is 10.5. The van der Waals surface area contributed by atoms with Crippen LogP contribution in [0.5, 0.6) is 0 Å². The second-order valence-electron chi connectivity index (χ2n) is 3.86. The van der Waals surface area contributed by atoms with Gasteiger partial charge in [-0.3, -0.25) is 0 Å². The monoisotopic (exact) mass is 268 g/mol. The fourth-order valence-electron chi connectivity index (χ4n) is 1.65. The second-order valence-corrected chi connectivity index (χ2v) is 4.71. The molecule has 0 nitrogen and oxygen atoms in total. The first-order chi connectivity index (χ1) is 8.15. The molecule has 88 valence electrons. The molecule has 2 aromatic rings. The molecule has 0 radical (unpaired) electrons. The number of hydrogen-bond donors (Lipinski definition) is 0. The molecule has 0 aliphatic heterocycles. The third-order valence-electron chi connectivity index (χ3n) is 2.61. The highest BCUT2D eigenvalue weighted by molar-refractivity contribution is 6.35. The summed E-state index contributed by atoms with van der Waals surface area (Å²) >= 11 is 11.9. The molecule has 0 N–H and O–H groups in total. The summed E-state index contributed by atoms with van der Waals surface area (Å²) < 4.78 is 12.7. The summed E-state index contributed by atoms with van der Waals surface area (Å²) in [5.41, 5.74) is 2.15. The minimum absolute atomic E-state index is 0.210. The van der Waals surface area contributed by atoms with Crippen LogP contribution in [0.15, 0.2) is 42.5 Å². The zero-order valence-corrected chi connectivity index (χ0v) is 10.6. The average Bonchev–Trinajstić information content (AvgIpc) is 2.30. The third kappa shape index (κ3) is 3.45. The Hall–Kier alpha value is -1.05. The van der Waals surface area contributed by atoms with E-state index in [1.807, 2.05) is 12.1 Å². The first kappa shape index (κ1) is 12.4. The van der Waals surface area contributed by atoms with Gasteiger partial charge in [-0.15, -0.1) is 0 Å². The molecule has 0 heterocycles. The van der Waals surface area contributed by atoms with Gasteiger partial charge in [0.1, 0.15) is 5.82 Å². The largest absolute Gasteiger partial charge is 0.207 e. The maximum atomic E-state index is 12.7. The van der Waals surface area contributed by atoms with Crippen LogP contribution in [0.2, 0.25) is 10.0 Å². The van der Waals surface area contributed by atoms with Crippen molar-refractivity contribution in [2.75, 3.05) is 0 Å². The quantitative estimate of drug-likeness (QED) is 0.742. The van der Waals surface area contributed by atoms with Gasteiger partial charge >= 0.3 is 0 Å². The van der Waals surface area contributed by atoms with E-state index in [2.05, 4.69) is 0 Å². The number of benzene rings is 2. The van der Waals surface area contributed by atoms with Crippen molar-refractivity contribution in [1.82, 2.24) is 0 Å². The number of rotatable bonds is 3. The average molecular weight is 269 g/mol. The summed E-state index contributed by atoms with van der Waals surface area (Å²) in [7, 11) is 0. The van der Waals surface area contributed by atoms with Crippen molar-refractivity contribution in [3.8, 4) is 0 Å². The summed E-state index contributed by atoms with van der Waals surface area (Å²) in [5, 5.41) is 1.32. The molecular formula is C14H11Cl2F. The molecule has 0 fully saturated rings. The molecule has 3 heteroatoms. The van der Waals surface area contributed by atoms with Crippen LogP contribution in [0.25, 0.3) is 0 Å². The number of hydrogen-bond acceptors (Lipinski definition) is 0. The maximum absolute atomic E-state index is 12.7. The summed E-state index contributed by atoms with van der Waals surface area (Å²) in [5.74, 6) is -0.210. The van der Waals surface area contributed by atoms with Crippen molar-refractivity contribution in [2.24, 2.45) is 0 Å². The van der Waals surface area contributed by atoms with E-state index < -0.39 is 0 Å². The van der Waals surface area contributed by atoms with Gasteiger partial charge in [0.05, 0.1) is 0 Å². The standard InChI is InChI=1S/C14H11Cl2F/c15-12-6-5-11(14(16)9-12)4-1-10-2-7-13(17)8-3-10/h2-3,5-9H,1,4H2. The van der Waals surface area contributed by atoms with Crippen LogP contribution in [0.4, 0.5) is 4.39 Å². The number of halogens is 3. The van der Waals surface area contributed by atoms with Gasteiger partial charge in [0.15, 0.2) is 0 Å². The van der Waals surface area contributed by atoms with Crippen LogP contribution in [0, 0.1) is 5.82 Å². The predicted molar refractivity (Wildman–Crippen MR) is 70.3 cm³/mol. The molecule has 0 saturated heterocycles. The Kier molecular flexibility index (Phi) is 4.03. The van der Waals surface area contributed by atoms with Crippen molar-refractivity contribution in [3.63, 3.8) is 0 Å². The Bertz CT molecular complexity index is 506. The first-order valence-corrected chi connectivity index (χ1v) is 6.09. The van der Waals surface area contributed by atoms with Gasteiger partial charge in [-0.25, -0.2) is 4.39 Å².